The lowest BCUT2D eigenvalue weighted by Crippen LogP contribution is -2.23. The van der Waals surface area contributed by atoms with Crippen molar-refractivity contribution in [1.82, 2.24) is 15.3 Å². The predicted octanol–water partition coefficient (Wildman–Crippen LogP) is 3.54. The van der Waals surface area contributed by atoms with Crippen LogP contribution in [0, 0.1) is 0 Å². The maximum atomic E-state index is 13.0. The van der Waals surface area contributed by atoms with Crippen LogP contribution in [0.25, 0.3) is 11.5 Å². The second kappa shape index (κ2) is 8.00. The molecule has 1 N–H and O–H groups in total. The number of thioether (sulfide) groups is 1. The van der Waals surface area contributed by atoms with Crippen molar-refractivity contribution < 1.29 is 22.4 Å². The van der Waals surface area contributed by atoms with E-state index < -0.39 is 11.9 Å². The summed E-state index contributed by atoms with van der Waals surface area (Å²) >= 11 is 0.973. The number of halogens is 3. The van der Waals surface area contributed by atoms with Crippen molar-refractivity contribution in [2.45, 2.75) is 17.8 Å². The second-order valence-electron chi connectivity index (χ2n) is 4.59. The van der Waals surface area contributed by atoms with Gasteiger partial charge in [0.25, 0.3) is 0 Å². The molecule has 0 aliphatic rings. The van der Waals surface area contributed by atoms with Gasteiger partial charge in [-0.1, -0.05) is 17.8 Å². The summed E-state index contributed by atoms with van der Waals surface area (Å²) in [6, 6.07) is 3.90. The lowest BCUT2D eigenvalue weighted by atomic mass is 10.2. The first-order valence-electron chi connectivity index (χ1n) is 6.90. The van der Waals surface area contributed by atoms with E-state index in [1.807, 2.05) is 0 Å². The van der Waals surface area contributed by atoms with E-state index in [4.69, 9.17) is 4.42 Å². The Hall–Kier alpha value is -2.29. The number of nitrogens with one attached hydrogen (secondary N) is 1. The van der Waals surface area contributed by atoms with E-state index in [1.165, 1.54) is 18.4 Å². The summed E-state index contributed by atoms with van der Waals surface area (Å²) in [5, 5.41) is 2.52. The molecular weight excluding hydrogens is 343 g/mol. The highest BCUT2D eigenvalue weighted by Gasteiger charge is 2.34. The fraction of sp³-hybridized carbons (Fsp3) is 0.267. The summed E-state index contributed by atoms with van der Waals surface area (Å²) in [7, 11) is 0. The summed E-state index contributed by atoms with van der Waals surface area (Å²) in [6.45, 7) is 3.81. The maximum absolute atomic E-state index is 13.0. The van der Waals surface area contributed by atoms with Gasteiger partial charge in [0.1, 0.15) is 11.4 Å². The molecule has 0 aromatic carbocycles. The average molecular weight is 357 g/mol. The number of nitrogens with zero attached hydrogens (tertiary/aromatic N) is 2. The molecule has 0 saturated carbocycles. The Morgan fingerprint density at radius 1 is 1.42 bits per heavy atom. The molecule has 0 bridgehead atoms. The van der Waals surface area contributed by atoms with Crippen molar-refractivity contribution in [3.05, 3.63) is 42.8 Å². The second-order valence-corrected chi connectivity index (χ2v) is 5.65. The van der Waals surface area contributed by atoms with Gasteiger partial charge >= 0.3 is 6.18 Å². The molecule has 0 atom stereocenters. The van der Waals surface area contributed by atoms with Crippen molar-refractivity contribution >= 4 is 17.7 Å². The van der Waals surface area contributed by atoms with Gasteiger partial charge in [0.05, 0.1) is 6.26 Å². The summed E-state index contributed by atoms with van der Waals surface area (Å²) in [5.74, 6) is 0.246. The van der Waals surface area contributed by atoms with Crippen LogP contribution in [0.4, 0.5) is 13.2 Å². The Balaban J connectivity index is 2.12. The van der Waals surface area contributed by atoms with E-state index in [2.05, 4.69) is 21.9 Å². The SMILES string of the molecule is C=CCNC(=O)CCSc1nc(-c2ccco2)cc(C(F)(F)F)n1. The molecule has 0 radical (unpaired) electrons. The first kappa shape index (κ1) is 18.1. The minimum Gasteiger partial charge on any atom is -0.463 e. The largest absolute Gasteiger partial charge is 0.463 e. The van der Waals surface area contributed by atoms with Crippen molar-refractivity contribution in [3.8, 4) is 11.5 Å². The highest BCUT2D eigenvalue weighted by molar-refractivity contribution is 7.99. The van der Waals surface area contributed by atoms with E-state index >= 15 is 0 Å². The topological polar surface area (TPSA) is 68.0 Å². The number of carbonyl (C=O) groups excluding carboxylic acids is 1. The lowest BCUT2D eigenvalue weighted by Gasteiger charge is -2.09. The molecule has 0 spiro atoms. The van der Waals surface area contributed by atoms with Gasteiger partial charge in [-0.25, -0.2) is 9.97 Å². The van der Waals surface area contributed by atoms with Crippen LogP contribution in [0.3, 0.4) is 0 Å². The Morgan fingerprint density at radius 2 is 2.21 bits per heavy atom. The Kier molecular flexibility index (Phi) is 6.02. The first-order chi connectivity index (χ1) is 11.4. The molecule has 0 unspecified atom stereocenters. The zero-order valence-corrected chi connectivity index (χ0v) is 13.3. The quantitative estimate of drug-likeness (QED) is 0.466. The van der Waals surface area contributed by atoms with Crippen molar-refractivity contribution in [2.24, 2.45) is 0 Å². The number of aromatic nitrogens is 2. The number of carbonyl (C=O) groups is 1. The molecule has 2 rings (SSSR count). The van der Waals surface area contributed by atoms with Gasteiger partial charge in [0, 0.05) is 18.7 Å². The van der Waals surface area contributed by atoms with Gasteiger partial charge < -0.3 is 9.73 Å². The Labute approximate surface area is 140 Å². The van der Waals surface area contributed by atoms with Gasteiger partial charge in [-0.05, 0) is 18.2 Å². The standard InChI is InChI=1S/C15H14F3N3O2S/c1-2-6-19-13(22)5-8-24-14-20-10(11-4-3-7-23-11)9-12(21-14)15(16,17)18/h2-4,7,9H,1,5-6,8H2,(H,19,22). The van der Waals surface area contributed by atoms with E-state index in [1.54, 1.807) is 6.07 Å². The highest BCUT2D eigenvalue weighted by atomic mass is 32.2. The Bertz CT molecular complexity index is 702. The van der Waals surface area contributed by atoms with Gasteiger partial charge in [0.15, 0.2) is 10.9 Å². The fourth-order valence-corrected chi connectivity index (χ4v) is 2.49. The zero-order chi connectivity index (χ0) is 17.6. The summed E-state index contributed by atoms with van der Waals surface area (Å²) in [4.78, 5) is 19.0. The highest BCUT2D eigenvalue weighted by Crippen LogP contribution is 2.32. The van der Waals surface area contributed by atoms with Crippen molar-refractivity contribution in [3.63, 3.8) is 0 Å². The first-order valence-corrected chi connectivity index (χ1v) is 7.89. The van der Waals surface area contributed by atoms with Crippen molar-refractivity contribution in [2.75, 3.05) is 12.3 Å². The molecule has 2 aromatic rings. The third kappa shape index (κ3) is 5.12. The number of furan rings is 1. The number of rotatable bonds is 7. The molecular formula is C15H14F3N3O2S. The fourth-order valence-electron chi connectivity index (χ4n) is 1.69. The molecule has 9 heteroatoms. The number of hydrogen-bond acceptors (Lipinski definition) is 5. The molecule has 128 valence electrons. The number of hydrogen-bond donors (Lipinski definition) is 1. The van der Waals surface area contributed by atoms with Crippen LogP contribution in [0.15, 0.2) is 46.7 Å². The van der Waals surface area contributed by atoms with Crippen LogP contribution in [-0.4, -0.2) is 28.2 Å². The van der Waals surface area contributed by atoms with Gasteiger partial charge in [0.2, 0.25) is 5.91 Å². The van der Waals surface area contributed by atoms with Crippen LogP contribution in [0.1, 0.15) is 12.1 Å². The lowest BCUT2D eigenvalue weighted by molar-refractivity contribution is -0.141. The van der Waals surface area contributed by atoms with Crippen LogP contribution < -0.4 is 5.32 Å². The molecule has 0 saturated heterocycles. The summed E-state index contributed by atoms with van der Waals surface area (Å²) in [6.07, 6.45) is -1.58. The van der Waals surface area contributed by atoms with Crippen LogP contribution in [-0.2, 0) is 11.0 Å². The van der Waals surface area contributed by atoms with Crippen LogP contribution in [0.5, 0.6) is 0 Å². The molecule has 0 aliphatic heterocycles. The third-order valence-electron chi connectivity index (χ3n) is 2.77. The third-order valence-corrected chi connectivity index (χ3v) is 3.62. The van der Waals surface area contributed by atoms with Crippen LogP contribution >= 0.6 is 11.8 Å². The molecule has 1 amide bonds. The molecule has 0 fully saturated rings. The van der Waals surface area contributed by atoms with Crippen molar-refractivity contribution in [1.29, 1.82) is 0 Å². The predicted molar refractivity (Wildman–Crippen MR) is 83.3 cm³/mol. The van der Waals surface area contributed by atoms with E-state index in [0.29, 0.717) is 6.54 Å². The van der Waals surface area contributed by atoms with Gasteiger partial charge in [-0.2, -0.15) is 13.2 Å². The minimum absolute atomic E-state index is 0.0425. The minimum atomic E-state index is -4.60. The summed E-state index contributed by atoms with van der Waals surface area (Å²) < 4.78 is 44.0. The molecule has 2 heterocycles. The van der Waals surface area contributed by atoms with E-state index in [0.717, 1.165) is 17.8 Å². The normalized spacial score (nSPS) is 11.3. The molecule has 2 aromatic heterocycles. The zero-order valence-electron chi connectivity index (χ0n) is 12.5. The molecule has 5 nitrogen and oxygen atoms in total. The van der Waals surface area contributed by atoms with Gasteiger partial charge in [-0.3, -0.25) is 4.79 Å². The average Bonchev–Trinajstić information content (AvgIpc) is 3.06. The van der Waals surface area contributed by atoms with E-state index in [9.17, 15) is 18.0 Å². The van der Waals surface area contributed by atoms with Crippen LogP contribution in [0.2, 0.25) is 0 Å². The monoisotopic (exact) mass is 357 g/mol. The maximum Gasteiger partial charge on any atom is 0.433 e. The number of amides is 1. The van der Waals surface area contributed by atoms with E-state index in [-0.39, 0.29) is 34.7 Å². The summed E-state index contributed by atoms with van der Waals surface area (Å²) in [5.41, 5.74) is -1.01. The van der Waals surface area contributed by atoms with Gasteiger partial charge in [-0.15, -0.1) is 6.58 Å². The smallest absolute Gasteiger partial charge is 0.433 e. The Morgan fingerprint density at radius 3 is 2.83 bits per heavy atom. The number of alkyl halides is 3. The molecule has 24 heavy (non-hydrogen) atoms. The molecule has 0 aliphatic carbocycles.